The molecule has 0 unspecified atom stereocenters. The lowest BCUT2D eigenvalue weighted by atomic mass is 9.42. The van der Waals surface area contributed by atoms with Crippen LogP contribution < -0.4 is 19.4 Å². The molecule has 6 nitrogen and oxygen atoms in total. The highest BCUT2D eigenvalue weighted by Gasteiger charge is 2.58. The zero-order valence-corrected chi connectivity index (χ0v) is 34.3. The molecule has 0 amide bonds. The molecule has 0 spiro atoms. The highest BCUT2D eigenvalue weighted by Crippen LogP contribution is 2.65. The number of benzene rings is 6. The number of ether oxygens (including phenoxy) is 1. The quantitative estimate of drug-likeness (QED) is 0.153. The number of anilines is 5. The molecular formula is C54H49N5O. The van der Waals surface area contributed by atoms with Crippen molar-refractivity contribution in [3.8, 4) is 17.3 Å². The Morgan fingerprint density at radius 1 is 0.550 bits per heavy atom. The molecule has 4 aliphatic carbocycles. The minimum Gasteiger partial charge on any atom is -0.457 e. The lowest BCUT2D eigenvalue weighted by molar-refractivity contribution is -0.0418. The van der Waals surface area contributed by atoms with Gasteiger partial charge >= 0.3 is 0 Å². The molecule has 6 heteroatoms. The van der Waals surface area contributed by atoms with Gasteiger partial charge in [-0.25, -0.2) is 4.98 Å². The van der Waals surface area contributed by atoms with Gasteiger partial charge in [-0.05, 0) is 146 Å². The number of hydrogen-bond donors (Lipinski definition) is 0. The topological polar surface area (TPSA) is 36.8 Å². The van der Waals surface area contributed by atoms with E-state index < -0.39 is 0 Å². The Bertz CT molecular complexity index is 2870. The van der Waals surface area contributed by atoms with E-state index in [0.29, 0.717) is 11.8 Å². The van der Waals surface area contributed by atoms with E-state index in [9.17, 15) is 0 Å². The van der Waals surface area contributed by atoms with E-state index in [-0.39, 0.29) is 5.41 Å². The number of aromatic nitrogens is 2. The van der Waals surface area contributed by atoms with Gasteiger partial charge in [0, 0.05) is 65.7 Å². The second kappa shape index (κ2) is 13.8. The fourth-order valence-corrected chi connectivity index (χ4v) is 12.2. The Morgan fingerprint density at radius 3 is 1.95 bits per heavy atom. The first-order chi connectivity index (χ1) is 29.5. The predicted molar refractivity (Wildman–Crippen MR) is 246 cm³/mol. The molecule has 296 valence electrons. The van der Waals surface area contributed by atoms with Gasteiger partial charge in [0.25, 0.3) is 0 Å². The minimum atomic E-state index is -0.0258. The van der Waals surface area contributed by atoms with Crippen molar-refractivity contribution in [2.75, 3.05) is 35.5 Å². The van der Waals surface area contributed by atoms with Crippen molar-refractivity contribution >= 4 is 50.2 Å². The largest absolute Gasteiger partial charge is 0.457 e. The molecule has 3 heterocycles. The molecule has 2 aromatic heterocycles. The number of fused-ring (bicyclic) bond motifs is 4. The van der Waals surface area contributed by atoms with Crippen molar-refractivity contribution in [2.45, 2.75) is 37.5 Å². The molecule has 5 aliphatic rings. The van der Waals surface area contributed by atoms with Gasteiger partial charge in [-0.15, -0.1) is 0 Å². The van der Waals surface area contributed by atoms with Crippen molar-refractivity contribution in [2.24, 2.45) is 23.7 Å². The fourth-order valence-electron chi connectivity index (χ4n) is 12.2. The summed E-state index contributed by atoms with van der Waals surface area (Å²) in [5, 5.41) is 2.41. The van der Waals surface area contributed by atoms with Crippen LogP contribution in [0.2, 0.25) is 0 Å². The van der Waals surface area contributed by atoms with Crippen molar-refractivity contribution in [3.05, 3.63) is 175 Å². The summed E-state index contributed by atoms with van der Waals surface area (Å²) in [6.45, 7) is 0.719. The standard InChI is InChI=1S/C54H49N5O/c1-56(2)42-21-19-38(20-22-42)54(40-28-36-27-37(30-40)31-41(54)29-36)39-25-26-55-53(32-39)59-49-16-7-6-15-47(49)48-24-23-46(34-52(48)59)60-45-14-10-13-44(33-45)58-35-57(43-11-4-3-5-12-43)50-17-8-9-18-51(50)58/h3-26,32-34,36-37,40-41H,27-31,35H2,1-2H3. The summed E-state index contributed by atoms with van der Waals surface area (Å²) in [4.78, 5) is 12.1. The van der Waals surface area contributed by atoms with Crippen molar-refractivity contribution in [3.63, 3.8) is 0 Å². The molecule has 60 heavy (non-hydrogen) atoms. The second-order valence-electron chi connectivity index (χ2n) is 18.0. The molecule has 8 aromatic rings. The average Bonchev–Trinajstić information content (AvgIpc) is 3.83. The number of para-hydroxylation sites is 4. The van der Waals surface area contributed by atoms with E-state index in [1.807, 2.05) is 0 Å². The number of pyridine rings is 1. The molecule has 4 fully saturated rings. The van der Waals surface area contributed by atoms with Crippen LogP contribution in [0.15, 0.2) is 164 Å². The lowest BCUT2D eigenvalue weighted by Crippen LogP contribution is -2.56. The Balaban J connectivity index is 0.932. The number of nitrogens with zero attached hydrogens (tertiary/aromatic N) is 5. The summed E-state index contributed by atoms with van der Waals surface area (Å²) >= 11 is 0. The molecular weight excluding hydrogens is 735 g/mol. The maximum Gasteiger partial charge on any atom is 0.137 e. The summed E-state index contributed by atoms with van der Waals surface area (Å²) in [6, 6.07) is 57.4. The number of hydrogen-bond acceptors (Lipinski definition) is 5. The molecule has 1 aliphatic heterocycles. The lowest BCUT2D eigenvalue weighted by Gasteiger charge is -2.62. The van der Waals surface area contributed by atoms with Gasteiger partial charge in [-0.2, -0.15) is 0 Å². The van der Waals surface area contributed by atoms with Crippen LogP contribution in [0.3, 0.4) is 0 Å². The van der Waals surface area contributed by atoms with E-state index >= 15 is 0 Å². The molecule has 0 atom stereocenters. The van der Waals surface area contributed by atoms with Gasteiger partial charge in [0.05, 0.1) is 22.4 Å². The Kier molecular flexibility index (Phi) is 8.13. The summed E-state index contributed by atoms with van der Waals surface area (Å²) in [6.07, 6.45) is 8.81. The van der Waals surface area contributed by atoms with Crippen molar-refractivity contribution in [1.29, 1.82) is 0 Å². The van der Waals surface area contributed by atoms with Crippen LogP contribution in [0.5, 0.6) is 11.5 Å². The Labute approximate surface area is 352 Å². The maximum absolute atomic E-state index is 6.78. The molecule has 0 radical (unpaired) electrons. The summed E-state index contributed by atoms with van der Waals surface area (Å²) in [7, 11) is 4.27. The van der Waals surface area contributed by atoms with Crippen molar-refractivity contribution < 1.29 is 4.74 Å². The van der Waals surface area contributed by atoms with Crippen LogP contribution in [0.1, 0.15) is 43.2 Å². The first-order valence-corrected chi connectivity index (χ1v) is 21.8. The van der Waals surface area contributed by atoms with Gasteiger partial charge in [-0.3, -0.25) is 4.57 Å². The monoisotopic (exact) mass is 783 g/mol. The van der Waals surface area contributed by atoms with Crippen LogP contribution in [-0.4, -0.2) is 30.3 Å². The molecule has 0 N–H and O–H groups in total. The third-order valence-corrected chi connectivity index (χ3v) is 14.6. The van der Waals surface area contributed by atoms with E-state index in [1.165, 1.54) is 76.8 Å². The van der Waals surface area contributed by atoms with Gasteiger partial charge in [0.2, 0.25) is 0 Å². The first-order valence-electron chi connectivity index (χ1n) is 21.8. The normalized spacial score (nSPS) is 22.8. The van der Waals surface area contributed by atoms with E-state index in [2.05, 4.69) is 197 Å². The van der Waals surface area contributed by atoms with E-state index in [4.69, 9.17) is 9.72 Å². The highest BCUT2D eigenvalue weighted by atomic mass is 16.5. The third kappa shape index (κ3) is 5.49. The smallest absolute Gasteiger partial charge is 0.137 e. The maximum atomic E-state index is 6.78. The SMILES string of the molecule is CN(C)c1ccc(C2(c3ccnc(-n4c5ccccc5c5ccc(Oc6cccc(N7CN(c8ccccc8)c8ccccc87)c6)cc54)c3)C3CC4CC(C3)CC2C4)cc1. The fraction of sp³-hybridized carbons (Fsp3) is 0.241. The van der Waals surface area contributed by atoms with Crippen LogP contribution in [0.25, 0.3) is 27.6 Å². The van der Waals surface area contributed by atoms with E-state index in [1.54, 1.807) is 0 Å². The third-order valence-electron chi connectivity index (χ3n) is 14.6. The highest BCUT2D eigenvalue weighted by molar-refractivity contribution is 6.09. The molecule has 4 bridgehead atoms. The Hall–Kier alpha value is -6.53. The van der Waals surface area contributed by atoms with Crippen LogP contribution in [-0.2, 0) is 5.41 Å². The average molecular weight is 784 g/mol. The van der Waals surface area contributed by atoms with Gasteiger partial charge in [0.1, 0.15) is 24.0 Å². The Morgan fingerprint density at radius 2 is 1.20 bits per heavy atom. The molecule has 4 saturated carbocycles. The van der Waals surface area contributed by atoms with Crippen LogP contribution >= 0.6 is 0 Å². The van der Waals surface area contributed by atoms with Gasteiger partial charge in [-0.1, -0.05) is 66.7 Å². The molecule has 0 saturated heterocycles. The first kappa shape index (κ1) is 35.4. The van der Waals surface area contributed by atoms with Gasteiger partial charge in [0.15, 0.2) is 0 Å². The van der Waals surface area contributed by atoms with Crippen LogP contribution in [0.4, 0.5) is 28.4 Å². The summed E-state index contributed by atoms with van der Waals surface area (Å²) < 4.78 is 9.15. The second-order valence-corrected chi connectivity index (χ2v) is 18.0. The van der Waals surface area contributed by atoms with E-state index in [0.717, 1.165) is 52.5 Å². The molecule has 6 aromatic carbocycles. The van der Waals surface area contributed by atoms with Crippen molar-refractivity contribution in [1.82, 2.24) is 9.55 Å². The zero-order valence-electron chi connectivity index (χ0n) is 34.3. The van der Waals surface area contributed by atoms with Gasteiger partial charge < -0.3 is 19.4 Å². The summed E-state index contributed by atoms with van der Waals surface area (Å²) in [5.74, 6) is 5.58. The minimum absolute atomic E-state index is 0.0258. The van der Waals surface area contributed by atoms with Crippen LogP contribution in [0, 0.1) is 23.7 Å². The summed E-state index contributed by atoms with van der Waals surface area (Å²) in [5.41, 5.74) is 11.0. The molecule has 13 rings (SSSR count). The zero-order chi connectivity index (χ0) is 40.0. The number of rotatable bonds is 8. The predicted octanol–water partition coefficient (Wildman–Crippen LogP) is 13.0.